The molecule has 0 aliphatic heterocycles. The molecule has 0 bridgehead atoms. The summed E-state index contributed by atoms with van der Waals surface area (Å²) in [6.07, 6.45) is 3.36. The maximum absolute atomic E-state index is 12.0. The Balaban J connectivity index is 1.92. The molecule has 1 heterocycles. The summed E-state index contributed by atoms with van der Waals surface area (Å²) in [6, 6.07) is 7.52. The molecular formula is C16H21N5OS. The van der Waals surface area contributed by atoms with Gasteiger partial charge in [-0.05, 0) is 30.5 Å². The quantitative estimate of drug-likeness (QED) is 0.481. The first-order valence-electron chi connectivity index (χ1n) is 7.55. The summed E-state index contributed by atoms with van der Waals surface area (Å²) < 4.78 is 1.88. The summed E-state index contributed by atoms with van der Waals surface area (Å²) in [5.74, 6) is 0.597. The molecule has 0 saturated heterocycles. The zero-order valence-corrected chi connectivity index (χ0v) is 14.4. The van der Waals surface area contributed by atoms with E-state index in [-0.39, 0.29) is 5.91 Å². The fourth-order valence-electron chi connectivity index (χ4n) is 1.91. The highest BCUT2D eigenvalue weighted by Crippen LogP contribution is 2.20. The minimum atomic E-state index is -0.183. The van der Waals surface area contributed by atoms with Gasteiger partial charge in [0.15, 0.2) is 5.16 Å². The number of carbonyl (C=O) groups is 1. The van der Waals surface area contributed by atoms with Crippen molar-refractivity contribution in [3.63, 3.8) is 0 Å². The Bertz CT molecular complexity index is 672. The molecule has 1 N–H and O–H groups in total. The second kappa shape index (κ2) is 8.47. The number of carbonyl (C=O) groups excluding carboxylic acids is 1. The highest BCUT2D eigenvalue weighted by molar-refractivity contribution is 7.98. The number of hydrogen-bond donors (Lipinski definition) is 1. The van der Waals surface area contributed by atoms with Crippen molar-refractivity contribution in [1.29, 1.82) is 0 Å². The highest BCUT2D eigenvalue weighted by Gasteiger charge is 2.06. The summed E-state index contributed by atoms with van der Waals surface area (Å²) in [4.78, 5) is 12.0. The van der Waals surface area contributed by atoms with Crippen LogP contribution >= 0.6 is 11.8 Å². The van der Waals surface area contributed by atoms with Crippen LogP contribution in [0.25, 0.3) is 0 Å². The molecule has 0 aliphatic carbocycles. The van der Waals surface area contributed by atoms with Gasteiger partial charge < -0.3 is 4.57 Å². The third kappa shape index (κ3) is 4.92. The summed E-state index contributed by atoms with van der Waals surface area (Å²) in [6.45, 7) is 4.05. The molecule has 0 atom stereocenters. The Labute approximate surface area is 140 Å². The molecule has 0 spiro atoms. The monoisotopic (exact) mass is 331 g/mol. The second-order valence-electron chi connectivity index (χ2n) is 5.04. The van der Waals surface area contributed by atoms with Gasteiger partial charge in [0.2, 0.25) is 0 Å². The average Bonchev–Trinajstić information content (AvgIpc) is 2.99. The van der Waals surface area contributed by atoms with Gasteiger partial charge in [-0.3, -0.25) is 4.79 Å². The minimum absolute atomic E-state index is 0.183. The van der Waals surface area contributed by atoms with E-state index in [2.05, 4.69) is 20.7 Å². The first-order valence-corrected chi connectivity index (χ1v) is 8.54. The first kappa shape index (κ1) is 17.2. The van der Waals surface area contributed by atoms with Gasteiger partial charge in [0.25, 0.3) is 5.91 Å². The van der Waals surface area contributed by atoms with Crippen LogP contribution in [0, 0.1) is 0 Å². The molecule has 0 fully saturated rings. The number of rotatable bonds is 7. The van der Waals surface area contributed by atoms with Gasteiger partial charge in [0, 0.05) is 24.1 Å². The van der Waals surface area contributed by atoms with Crippen molar-refractivity contribution in [1.82, 2.24) is 20.2 Å². The van der Waals surface area contributed by atoms with Crippen LogP contribution in [0.3, 0.4) is 0 Å². The topological polar surface area (TPSA) is 72.2 Å². The Kier molecular flexibility index (Phi) is 6.34. The van der Waals surface area contributed by atoms with Gasteiger partial charge >= 0.3 is 0 Å². The van der Waals surface area contributed by atoms with Gasteiger partial charge in [-0.15, -0.1) is 10.2 Å². The SMILES string of the molecule is CCC(CC)=NNC(=O)c1ccc(CSc2nncn2C)cc1. The van der Waals surface area contributed by atoms with E-state index in [0.717, 1.165) is 35.0 Å². The van der Waals surface area contributed by atoms with Gasteiger partial charge in [-0.2, -0.15) is 5.10 Å². The molecule has 7 heteroatoms. The van der Waals surface area contributed by atoms with Crippen LogP contribution in [0.4, 0.5) is 0 Å². The van der Waals surface area contributed by atoms with Crippen LogP contribution < -0.4 is 5.43 Å². The molecule has 0 saturated carbocycles. The smallest absolute Gasteiger partial charge is 0.271 e. The van der Waals surface area contributed by atoms with E-state index < -0.39 is 0 Å². The van der Waals surface area contributed by atoms with Crippen LogP contribution in [-0.2, 0) is 12.8 Å². The summed E-state index contributed by atoms with van der Waals surface area (Å²) in [5.41, 5.74) is 5.32. The van der Waals surface area contributed by atoms with Crippen LogP contribution in [0.15, 0.2) is 40.9 Å². The van der Waals surface area contributed by atoms with Crippen LogP contribution in [0.1, 0.15) is 42.6 Å². The predicted octanol–water partition coefficient (Wildman–Crippen LogP) is 3.01. The van der Waals surface area contributed by atoms with E-state index in [1.54, 1.807) is 18.1 Å². The fraction of sp³-hybridized carbons (Fsp3) is 0.375. The normalized spacial score (nSPS) is 10.4. The van der Waals surface area contributed by atoms with Gasteiger partial charge in [-0.1, -0.05) is 37.7 Å². The number of hydrazone groups is 1. The van der Waals surface area contributed by atoms with Crippen molar-refractivity contribution in [2.75, 3.05) is 0 Å². The molecule has 2 aromatic rings. The molecule has 23 heavy (non-hydrogen) atoms. The van der Waals surface area contributed by atoms with E-state index in [4.69, 9.17) is 0 Å². The number of hydrogen-bond acceptors (Lipinski definition) is 5. The van der Waals surface area contributed by atoms with E-state index in [1.807, 2.05) is 49.7 Å². The molecule has 6 nitrogen and oxygen atoms in total. The highest BCUT2D eigenvalue weighted by atomic mass is 32.2. The van der Waals surface area contributed by atoms with E-state index in [9.17, 15) is 4.79 Å². The summed E-state index contributed by atoms with van der Waals surface area (Å²) >= 11 is 1.61. The van der Waals surface area contributed by atoms with Crippen molar-refractivity contribution >= 4 is 23.4 Å². The number of nitrogens with one attached hydrogen (secondary N) is 1. The molecule has 122 valence electrons. The van der Waals surface area contributed by atoms with Crippen LogP contribution in [0.5, 0.6) is 0 Å². The maximum atomic E-state index is 12.0. The largest absolute Gasteiger partial charge is 0.312 e. The number of nitrogens with zero attached hydrogens (tertiary/aromatic N) is 4. The lowest BCUT2D eigenvalue weighted by Crippen LogP contribution is -2.19. The lowest BCUT2D eigenvalue weighted by atomic mass is 10.1. The molecule has 0 aliphatic rings. The lowest BCUT2D eigenvalue weighted by Gasteiger charge is -2.05. The third-order valence-corrected chi connectivity index (χ3v) is 4.49. The van der Waals surface area contributed by atoms with Crippen molar-refractivity contribution in [3.8, 4) is 0 Å². The number of thioether (sulfide) groups is 1. The van der Waals surface area contributed by atoms with Gasteiger partial charge in [-0.25, -0.2) is 5.43 Å². The Morgan fingerprint density at radius 1 is 1.26 bits per heavy atom. The minimum Gasteiger partial charge on any atom is -0.312 e. The average molecular weight is 331 g/mol. The van der Waals surface area contributed by atoms with Crippen LogP contribution in [0.2, 0.25) is 0 Å². The number of aryl methyl sites for hydroxylation is 1. The van der Waals surface area contributed by atoms with E-state index in [1.165, 1.54) is 0 Å². The standard InChI is InChI=1S/C16H21N5OS/c1-4-14(5-2)18-19-15(22)13-8-6-12(7-9-13)10-23-16-20-17-11-21(16)3/h6-9,11H,4-5,10H2,1-3H3,(H,19,22). The van der Waals surface area contributed by atoms with Crippen molar-refractivity contribution in [3.05, 3.63) is 41.7 Å². The number of aromatic nitrogens is 3. The zero-order valence-electron chi connectivity index (χ0n) is 13.6. The molecule has 0 unspecified atom stereocenters. The summed E-state index contributed by atoms with van der Waals surface area (Å²) in [7, 11) is 1.91. The molecule has 1 aromatic heterocycles. The lowest BCUT2D eigenvalue weighted by molar-refractivity contribution is 0.0954. The number of amides is 1. The van der Waals surface area contributed by atoms with Gasteiger partial charge in [0.05, 0.1) is 0 Å². The molecule has 2 rings (SSSR count). The van der Waals surface area contributed by atoms with Crippen molar-refractivity contribution in [2.45, 2.75) is 37.6 Å². The van der Waals surface area contributed by atoms with Crippen molar-refractivity contribution in [2.24, 2.45) is 12.1 Å². The molecule has 0 radical (unpaired) electrons. The second-order valence-corrected chi connectivity index (χ2v) is 5.98. The first-order chi connectivity index (χ1) is 11.1. The van der Waals surface area contributed by atoms with E-state index in [0.29, 0.717) is 5.56 Å². The fourth-order valence-corrected chi connectivity index (χ4v) is 2.75. The zero-order chi connectivity index (χ0) is 16.7. The predicted molar refractivity (Wildman–Crippen MR) is 92.5 cm³/mol. The van der Waals surface area contributed by atoms with Crippen LogP contribution in [-0.4, -0.2) is 26.4 Å². The van der Waals surface area contributed by atoms with E-state index >= 15 is 0 Å². The van der Waals surface area contributed by atoms with Gasteiger partial charge in [0.1, 0.15) is 6.33 Å². The third-order valence-electron chi connectivity index (χ3n) is 3.39. The Morgan fingerprint density at radius 3 is 2.52 bits per heavy atom. The Hall–Kier alpha value is -2.15. The Morgan fingerprint density at radius 2 is 1.96 bits per heavy atom. The molecule has 1 amide bonds. The summed E-state index contributed by atoms with van der Waals surface area (Å²) in [5, 5.41) is 12.9. The van der Waals surface area contributed by atoms with Crippen molar-refractivity contribution < 1.29 is 4.79 Å². The molecular weight excluding hydrogens is 310 g/mol. The molecule has 1 aromatic carbocycles. The number of benzene rings is 1. The maximum Gasteiger partial charge on any atom is 0.271 e.